The maximum Gasteiger partial charge on any atom is 0.159 e. The summed E-state index contributed by atoms with van der Waals surface area (Å²) in [7, 11) is 0. The Hall–Kier alpha value is -1.96. The Kier molecular flexibility index (Phi) is 4.10. The topological polar surface area (TPSA) is 34.1 Å². The van der Waals surface area contributed by atoms with Crippen molar-refractivity contribution in [2.45, 2.75) is 33.1 Å². The first kappa shape index (κ1) is 13.5. The Morgan fingerprint density at radius 3 is 2.21 bits per heavy atom. The summed E-state index contributed by atoms with van der Waals surface area (Å²) in [5, 5.41) is 0. The van der Waals surface area contributed by atoms with Gasteiger partial charge in [-0.1, -0.05) is 35.5 Å². The second kappa shape index (κ2) is 5.79. The molecular weight excluding hydrogens is 236 g/mol. The summed E-state index contributed by atoms with van der Waals surface area (Å²) in [6, 6.07) is 0. The van der Waals surface area contributed by atoms with Crippen molar-refractivity contribution in [2.24, 2.45) is 0 Å². The van der Waals surface area contributed by atoms with Crippen LogP contribution in [0.1, 0.15) is 33.1 Å². The van der Waals surface area contributed by atoms with Crippen molar-refractivity contribution >= 4 is 11.6 Å². The highest BCUT2D eigenvalue weighted by molar-refractivity contribution is 5.93. The molecule has 0 saturated heterocycles. The minimum absolute atomic E-state index is 0.126. The molecule has 19 heavy (non-hydrogen) atoms. The van der Waals surface area contributed by atoms with Crippen LogP contribution in [0.15, 0.2) is 58.7 Å². The van der Waals surface area contributed by atoms with Gasteiger partial charge in [-0.05, 0) is 43.6 Å². The third-order valence-electron chi connectivity index (χ3n) is 3.27. The zero-order chi connectivity index (χ0) is 13.8. The highest BCUT2D eigenvalue weighted by Crippen LogP contribution is 2.22. The summed E-state index contributed by atoms with van der Waals surface area (Å²) < 4.78 is 0. The molecule has 0 aromatic rings. The van der Waals surface area contributed by atoms with Gasteiger partial charge in [0.2, 0.25) is 0 Å². The van der Waals surface area contributed by atoms with Crippen LogP contribution in [-0.4, -0.2) is 11.6 Å². The summed E-state index contributed by atoms with van der Waals surface area (Å²) in [5.74, 6) is 0.253. The minimum atomic E-state index is 0.126. The highest BCUT2D eigenvalue weighted by atomic mass is 16.1. The van der Waals surface area contributed by atoms with E-state index in [2.05, 4.69) is 6.08 Å². The standard InChI is InChI=1S/C17H18O2/c1-12-3-4-14(5-7-16(18)10-12)15-6-8-17(19)11-13(2)9-15/h3,5-9H,4,10-11H2,1-2H3/b7-5-,12-3-,15-14+. The lowest BCUT2D eigenvalue weighted by Crippen LogP contribution is -1.97. The van der Waals surface area contributed by atoms with Crippen molar-refractivity contribution in [3.63, 3.8) is 0 Å². The van der Waals surface area contributed by atoms with E-state index >= 15 is 0 Å². The molecule has 0 aromatic carbocycles. The molecular formula is C17H18O2. The lowest BCUT2D eigenvalue weighted by molar-refractivity contribution is -0.114. The Bertz CT molecular complexity index is 566. The zero-order valence-corrected chi connectivity index (χ0v) is 11.4. The summed E-state index contributed by atoms with van der Waals surface area (Å²) in [4.78, 5) is 23.1. The molecule has 0 atom stereocenters. The van der Waals surface area contributed by atoms with Crippen LogP contribution in [0.25, 0.3) is 0 Å². The number of hydrogen-bond donors (Lipinski definition) is 0. The molecule has 0 N–H and O–H groups in total. The number of hydrogen-bond acceptors (Lipinski definition) is 2. The summed E-state index contributed by atoms with van der Waals surface area (Å²) in [5.41, 5.74) is 4.26. The SMILES string of the molecule is CC1=C/C(=C2/C=C\C(=O)C/C(C)=C\C2)C=CC(=O)C1. The van der Waals surface area contributed by atoms with Crippen LogP contribution < -0.4 is 0 Å². The second-order valence-corrected chi connectivity index (χ2v) is 5.18. The molecule has 0 unspecified atom stereocenters. The molecule has 2 aliphatic rings. The van der Waals surface area contributed by atoms with Crippen molar-refractivity contribution in [3.05, 3.63) is 58.7 Å². The van der Waals surface area contributed by atoms with Gasteiger partial charge in [0.15, 0.2) is 11.6 Å². The van der Waals surface area contributed by atoms with E-state index in [0.717, 1.165) is 28.7 Å². The molecule has 2 aliphatic carbocycles. The maximum atomic E-state index is 11.6. The molecule has 0 aliphatic heterocycles. The van der Waals surface area contributed by atoms with E-state index in [9.17, 15) is 9.59 Å². The summed E-state index contributed by atoms with van der Waals surface area (Å²) in [6.45, 7) is 3.94. The zero-order valence-electron chi connectivity index (χ0n) is 11.4. The van der Waals surface area contributed by atoms with E-state index in [1.807, 2.05) is 32.1 Å². The molecule has 2 heteroatoms. The van der Waals surface area contributed by atoms with Crippen molar-refractivity contribution in [3.8, 4) is 0 Å². The summed E-state index contributed by atoms with van der Waals surface area (Å²) >= 11 is 0. The lowest BCUT2D eigenvalue weighted by atomic mass is 9.97. The predicted molar refractivity (Wildman–Crippen MR) is 76.7 cm³/mol. The third kappa shape index (κ3) is 3.75. The summed E-state index contributed by atoms with van der Waals surface area (Å²) in [6.07, 6.45) is 12.9. The van der Waals surface area contributed by atoms with Crippen LogP contribution >= 0.6 is 0 Å². The highest BCUT2D eigenvalue weighted by Gasteiger charge is 2.09. The fraction of sp³-hybridized carbons (Fsp3) is 0.294. The van der Waals surface area contributed by atoms with Crippen LogP contribution in [-0.2, 0) is 9.59 Å². The Balaban J connectivity index is 2.43. The van der Waals surface area contributed by atoms with E-state index < -0.39 is 0 Å². The van der Waals surface area contributed by atoms with Crippen LogP contribution in [0.4, 0.5) is 0 Å². The van der Waals surface area contributed by atoms with Gasteiger partial charge in [-0.2, -0.15) is 0 Å². The van der Waals surface area contributed by atoms with Gasteiger partial charge in [0.1, 0.15) is 0 Å². The maximum absolute atomic E-state index is 11.6. The number of carbonyl (C=O) groups is 2. The number of carbonyl (C=O) groups excluding carboxylic acids is 2. The van der Waals surface area contributed by atoms with Crippen molar-refractivity contribution in [2.75, 3.05) is 0 Å². The van der Waals surface area contributed by atoms with Gasteiger partial charge in [0.25, 0.3) is 0 Å². The Morgan fingerprint density at radius 2 is 1.47 bits per heavy atom. The van der Waals surface area contributed by atoms with E-state index in [-0.39, 0.29) is 11.6 Å². The molecule has 0 spiro atoms. The molecule has 0 aromatic heterocycles. The average Bonchev–Trinajstić information content (AvgIpc) is 2.48. The average molecular weight is 254 g/mol. The van der Waals surface area contributed by atoms with Gasteiger partial charge < -0.3 is 0 Å². The molecule has 0 radical (unpaired) electrons. The normalized spacial score (nSPS) is 28.9. The van der Waals surface area contributed by atoms with Gasteiger partial charge in [0, 0.05) is 12.8 Å². The van der Waals surface area contributed by atoms with Crippen LogP contribution in [0.2, 0.25) is 0 Å². The number of allylic oxidation sites excluding steroid dienone is 10. The number of rotatable bonds is 0. The van der Waals surface area contributed by atoms with Crippen molar-refractivity contribution in [1.82, 2.24) is 0 Å². The first-order valence-electron chi connectivity index (χ1n) is 6.52. The largest absolute Gasteiger partial charge is 0.295 e. The van der Waals surface area contributed by atoms with Gasteiger partial charge >= 0.3 is 0 Å². The molecule has 0 bridgehead atoms. The minimum Gasteiger partial charge on any atom is -0.295 e. The van der Waals surface area contributed by atoms with Crippen LogP contribution in [0.5, 0.6) is 0 Å². The fourth-order valence-electron chi connectivity index (χ4n) is 2.25. The molecule has 0 amide bonds. The second-order valence-electron chi connectivity index (χ2n) is 5.18. The van der Waals surface area contributed by atoms with Gasteiger partial charge in [-0.25, -0.2) is 0 Å². The van der Waals surface area contributed by atoms with E-state index in [0.29, 0.717) is 12.8 Å². The van der Waals surface area contributed by atoms with Crippen LogP contribution in [0, 0.1) is 0 Å². The van der Waals surface area contributed by atoms with E-state index in [1.54, 1.807) is 12.2 Å². The van der Waals surface area contributed by atoms with Gasteiger partial charge in [0.05, 0.1) is 0 Å². The monoisotopic (exact) mass is 254 g/mol. The van der Waals surface area contributed by atoms with E-state index in [1.165, 1.54) is 0 Å². The molecule has 0 saturated carbocycles. The van der Waals surface area contributed by atoms with Gasteiger partial charge in [-0.3, -0.25) is 9.59 Å². The van der Waals surface area contributed by atoms with Crippen molar-refractivity contribution < 1.29 is 9.59 Å². The molecule has 2 nitrogen and oxygen atoms in total. The first-order chi connectivity index (χ1) is 9.04. The third-order valence-corrected chi connectivity index (χ3v) is 3.27. The van der Waals surface area contributed by atoms with Gasteiger partial charge in [-0.15, -0.1) is 0 Å². The molecule has 0 fully saturated rings. The Labute approximate surface area is 113 Å². The predicted octanol–water partition coefficient (Wildman–Crippen LogP) is 3.62. The quantitative estimate of drug-likeness (QED) is 0.619. The first-order valence-corrected chi connectivity index (χ1v) is 6.52. The molecule has 98 valence electrons. The molecule has 0 heterocycles. The van der Waals surface area contributed by atoms with E-state index in [4.69, 9.17) is 0 Å². The van der Waals surface area contributed by atoms with Crippen LogP contribution in [0.3, 0.4) is 0 Å². The van der Waals surface area contributed by atoms with Crippen molar-refractivity contribution in [1.29, 1.82) is 0 Å². The smallest absolute Gasteiger partial charge is 0.159 e. The number of ketones is 2. The lowest BCUT2D eigenvalue weighted by Gasteiger charge is -2.08. The Morgan fingerprint density at radius 1 is 0.842 bits per heavy atom. The molecule has 2 rings (SSSR count). The fourth-order valence-corrected chi connectivity index (χ4v) is 2.25.